The Morgan fingerprint density at radius 1 is 1.25 bits per heavy atom. The van der Waals surface area contributed by atoms with Crippen LogP contribution in [-0.4, -0.2) is 5.97 Å². The first-order valence-corrected chi connectivity index (χ1v) is 4.80. The van der Waals surface area contributed by atoms with Gasteiger partial charge in [0.2, 0.25) is 0 Å². The third-order valence-corrected chi connectivity index (χ3v) is 2.24. The van der Waals surface area contributed by atoms with E-state index in [9.17, 15) is 9.59 Å². The first kappa shape index (κ1) is 10.4. The van der Waals surface area contributed by atoms with Crippen molar-refractivity contribution in [1.82, 2.24) is 0 Å². The van der Waals surface area contributed by atoms with Crippen LogP contribution in [0.1, 0.15) is 12.5 Å². The molecule has 1 aromatic carbocycles. The van der Waals surface area contributed by atoms with Gasteiger partial charge in [0, 0.05) is 23.9 Å². The second kappa shape index (κ2) is 3.81. The van der Waals surface area contributed by atoms with Gasteiger partial charge >= 0.3 is 11.6 Å². The summed E-state index contributed by atoms with van der Waals surface area (Å²) in [6, 6.07) is 6.45. The second-order valence-electron chi connectivity index (χ2n) is 3.46. The molecule has 0 N–H and O–H groups in total. The Kier molecular flexibility index (Phi) is 2.48. The quantitative estimate of drug-likeness (QED) is 0.417. The van der Waals surface area contributed by atoms with Crippen LogP contribution in [0.3, 0.4) is 0 Å². The topological polar surface area (TPSA) is 56.5 Å². The fourth-order valence-electron chi connectivity index (χ4n) is 1.52. The number of benzene rings is 1. The van der Waals surface area contributed by atoms with E-state index >= 15 is 0 Å². The van der Waals surface area contributed by atoms with E-state index in [1.807, 2.05) is 0 Å². The smallest absolute Gasteiger partial charge is 0.336 e. The van der Waals surface area contributed by atoms with Crippen molar-refractivity contribution in [2.45, 2.75) is 13.8 Å². The summed E-state index contributed by atoms with van der Waals surface area (Å²) in [5.74, 6) is 0.00933. The van der Waals surface area contributed by atoms with Gasteiger partial charge in [0.05, 0.1) is 0 Å². The maximum Gasteiger partial charge on any atom is 0.336 e. The highest BCUT2D eigenvalue weighted by Crippen LogP contribution is 2.26. The Bertz CT molecular complexity index is 610. The summed E-state index contributed by atoms with van der Waals surface area (Å²) in [6.07, 6.45) is 0. The molecule has 0 atom stereocenters. The van der Waals surface area contributed by atoms with Gasteiger partial charge in [-0.25, -0.2) is 4.79 Å². The number of carbonyl (C=O) groups is 1. The van der Waals surface area contributed by atoms with Crippen molar-refractivity contribution in [3.63, 3.8) is 0 Å². The number of esters is 1. The largest absolute Gasteiger partial charge is 0.426 e. The third-order valence-electron chi connectivity index (χ3n) is 2.24. The first-order valence-electron chi connectivity index (χ1n) is 4.80. The van der Waals surface area contributed by atoms with Crippen LogP contribution in [0, 0.1) is 6.92 Å². The predicted molar refractivity (Wildman–Crippen MR) is 58.5 cm³/mol. The fourth-order valence-corrected chi connectivity index (χ4v) is 1.52. The summed E-state index contributed by atoms with van der Waals surface area (Å²) in [5, 5.41) is 0.799. The summed E-state index contributed by atoms with van der Waals surface area (Å²) in [6.45, 7) is 3.06. The average molecular weight is 218 g/mol. The number of aryl methyl sites for hydroxylation is 1. The molecule has 0 aliphatic rings. The SMILES string of the molecule is CC(=O)Oc1ccc2ccc(=O)oc2c1C. The minimum atomic E-state index is -0.421. The molecule has 4 heteroatoms. The van der Waals surface area contributed by atoms with Crippen molar-refractivity contribution in [2.75, 3.05) is 0 Å². The zero-order chi connectivity index (χ0) is 11.7. The molecular weight excluding hydrogens is 208 g/mol. The normalized spacial score (nSPS) is 10.4. The van der Waals surface area contributed by atoms with Crippen LogP contribution >= 0.6 is 0 Å². The summed E-state index contributed by atoms with van der Waals surface area (Å²) in [7, 11) is 0. The van der Waals surface area contributed by atoms with Crippen LogP contribution in [-0.2, 0) is 4.79 Å². The molecule has 0 saturated heterocycles. The van der Waals surface area contributed by atoms with E-state index in [-0.39, 0.29) is 0 Å². The van der Waals surface area contributed by atoms with E-state index < -0.39 is 11.6 Å². The number of hydrogen-bond acceptors (Lipinski definition) is 4. The van der Waals surface area contributed by atoms with Gasteiger partial charge in [0.15, 0.2) is 0 Å². The molecule has 0 saturated carbocycles. The van der Waals surface area contributed by atoms with Crippen molar-refractivity contribution < 1.29 is 13.9 Å². The van der Waals surface area contributed by atoms with Gasteiger partial charge in [-0.3, -0.25) is 4.79 Å². The number of hydrogen-bond donors (Lipinski definition) is 0. The molecule has 0 spiro atoms. The zero-order valence-corrected chi connectivity index (χ0v) is 8.94. The number of rotatable bonds is 1. The molecule has 1 heterocycles. The maximum atomic E-state index is 11.1. The Labute approximate surface area is 91.4 Å². The fraction of sp³-hybridized carbons (Fsp3) is 0.167. The van der Waals surface area contributed by atoms with E-state index in [1.165, 1.54) is 13.0 Å². The molecule has 4 nitrogen and oxygen atoms in total. The molecule has 2 rings (SSSR count). The Morgan fingerprint density at radius 2 is 1.94 bits per heavy atom. The van der Waals surface area contributed by atoms with E-state index in [4.69, 9.17) is 9.15 Å². The monoisotopic (exact) mass is 218 g/mol. The summed E-state index contributed by atoms with van der Waals surface area (Å²) < 4.78 is 10.1. The lowest BCUT2D eigenvalue weighted by atomic mass is 10.1. The van der Waals surface area contributed by atoms with Gasteiger partial charge in [-0.05, 0) is 25.1 Å². The van der Waals surface area contributed by atoms with Gasteiger partial charge in [0.25, 0.3) is 0 Å². The van der Waals surface area contributed by atoms with Crippen molar-refractivity contribution in [1.29, 1.82) is 0 Å². The zero-order valence-electron chi connectivity index (χ0n) is 8.94. The van der Waals surface area contributed by atoms with E-state index in [1.54, 1.807) is 25.1 Å². The van der Waals surface area contributed by atoms with Crippen LogP contribution in [0.2, 0.25) is 0 Å². The summed E-state index contributed by atoms with van der Waals surface area (Å²) in [4.78, 5) is 21.9. The molecule has 2 aromatic rings. The summed E-state index contributed by atoms with van der Waals surface area (Å²) >= 11 is 0. The molecule has 82 valence electrons. The van der Waals surface area contributed by atoms with Crippen molar-refractivity contribution in [3.8, 4) is 5.75 Å². The van der Waals surface area contributed by atoms with Crippen molar-refractivity contribution in [3.05, 3.63) is 40.2 Å². The van der Waals surface area contributed by atoms with Gasteiger partial charge in [-0.1, -0.05) is 0 Å². The molecule has 0 unspecified atom stereocenters. The average Bonchev–Trinajstić information content (AvgIpc) is 2.22. The maximum absolute atomic E-state index is 11.1. The number of carbonyl (C=O) groups excluding carboxylic acids is 1. The Balaban J connectivity index is 2.67. The van der Waals surface area contributed by atoms with E-state index in [0.717, 1.165) is 5.39 Å². The van der Waals surface area contributed by atoms with Gasteiger partial charge in [-0.2, -0.15) is 0 Å². The lowest BCUT2D eigenvalue weighted by molar-refractivity contribution is -0.131. The van der Waals surface area contributed by atoms with Crippen molar-refractivity contribution >= 4 is 16.9 Å². The molecule has 0 amide bonds. The van der Waals surface area contributed by atoms with E-state index in [0.29, 0.717) is 16.9 Å². The van der Waals surface area contributed by atoms with Gasteiger partial charge in [0.1, 0.15) is 11.3 Å². The molecule has 16 heavy (non-hydrogen) atoms. The second-order valence-corrected chi connectivity index (χ2v) is 3.46. The number of ether oxygens (including phenoxy) is 1. The van der Waals surface area contributed by atoms with E-state index in [2.05, 4.69) is 0 Å². The standard InChI is InChI=1S/C12H10O4/c1-7-10(15-8(2)13)5-3-9-4-6-11(14)16-12(7)9/h3-6H,1-2H3. The van der Waals surface area contributed by atoms with Crippen LogP contribution in [0.4, 0.5) is 0 Å². The minimum Gasteiger partial charge on any atom is -0.426 e. The molecule has 0 bridgehead atoms. The molecule has 0 radical (unpaired) electrons. The molecule has 1 aromatic heterocycles. The molecule has 0 aliphatic carbocycles. The minimum absolute atomic E-state index is 0.402. The Hall–Kier alpha value is -2.10. The summed E-state index contributed by atoms with van der Waals surface area (Å²) in [5.41, 5.74) is 0.673. The third kappa shape index (κ3) is 1.82. The highest BCUT2D eigenvalue weighted by Gasteiger charge is 2.08. The van der Waals surface area contributed by atoms with Crippen LogP contribution in [0.25, 0.3) is 11.0 Å². The highest BCUT2D eigenvalue weighted by molar-refractivity contribution is 5.83. The molecule has 0 aliphatic heterocycles. The molecular formula is C12H10O4. The van der Waals surface area contributed by atoms with Gasteiger partial charge < -0.3 is 9.15 Å². The lowest BCUT2D eigenvalue weighted by Crippen LogP contribution is -2.03. The van der Waals surface area contributed by atoms with Crippen molar-refractivity contribution in [2.24, 2.45) is 0 Å². The Morgan fingerprint density at radius 3 is 2.62 bits per heavy atom. The molecule has 0 fully saturated rings. The lowest BCUT2D eigenvalue weighted by Gasteiger charge is -2.06. The highest BCUT2D eigenvalue weighted by atomic mass is 16.5. The van der Waals surface area contributed by atoms with Gasteiger partial charge in [-0.15, -0.1) is 0 Å². The predicted octanol–water partition coefficient (Wildman–Crippen LogP) is 2.03. The first-order chi connectivity index (χ1) is 7.58. The van der Waals surface area contributed by atoms with Crippen LogP contribution < -0.4 is 10.4 Å². The number of fused-ring (bicyclic) bond motifs is 1. The van der Waals surface area contributed by atoms with Crippen LogP contribution in [0.5, 0.6) is 5.75 Å². The van der Waals surface area contributed by atoms with Crippen LogP contribution in [0.15, 0.2) is 33.5 Å².